The number of piperidine rings is 1. The molecule has 1 aromatic carbocycles. The molecule has 2 aliphatic rings. The monoisotopic (exact) mass is 460 g/mol. The second-order valence-corrected chi connectivity index (χ2v) is 10.5. The van der Waals surface area contributed by atoms with Gasteiger partial charge in [0, 0.05) is 25.6 Å². The molecule has 1 aromatic rings. The normalized spacial score (nSPS) is 18.6. The molecule has 1 fully saturated rings. The van der Waals surface area contributed by atoms with Crippen LogP contribution in [0.3, 0.4) is 0 Å². The molecule has 1 saturated heterocycles. The summed E-state index contributed by atoms with van der Waals surface area (Å²) in [7, 11) is -3.68. The summed E-state index contributed by atoms with van der Waals surface area (Å²) < 4.78 is 66.3. The third kappa shape index (κ3) is 6.00. The molecule has 3 rings (SSSR count). The summed E-state index contributed by atoms with van der Waals surface area (Å²) in [6.45, 7) is 0.967. The van der Waals surface area contributed by atoms with E-state index in [0.717, 1.165) is 36.1 Å². The topological polar surface area (TPSA) is 57.7 Å². The first-order chi connectivity index (χ1) is 14.6. The van der Waals surface area contributed by atoms with E-state index in [2.05, 4.69) is 0 Å². The zero-order valence-electron chi connectivity index (χ0n) is 18.0. The van der Waals surface area contributed by atoms with Crippen molar-refractivity contribution in [2.45, 2.75) is 69.4 Å². The highest BCUT2D eigenvalue weighted by Crippen LogP contribution is 2.29. The maximum absolute atomic E-state index is 13.1. The smallest absolute Gasteiger partial charge is 0.333 e. The highest BCUT2D eigenvalue weighted by Gasteiger charge is 2.38. The quantitative estimate of drug-likeness (QED) is 0.614. The number of aryl methyl sites for hydroxylation is 2. The van der Waals surface area contributed by atoms with E-state index in [4.69, 9.17) is 0 Å². The van der Waals surface area contributed by atoms with E-state index < -0.39 is 34.6 Å². The van der Waals surface area contributed by atoms with Gasteiger partial charge in [-0.1, -0.05) is 19.4 Å². The average Bonchev–Trinajstić information content (AvgIpc) is 2.75. The SMILES string of the molecule is CCCCN(CC(F)(F)F)C(=O)C1CCN(S(=O)(=O)c2ccc3c(c2)CCCC3)CC1. The molecule has 1 amide bonds. The standard InChI is InChI=1S/C22H31F3N2O3S/c1-2-3-12-26(16-22(23,24)25)21(28)18-10-13-27(14-11-18)31(29,30)20-9-8-17-6-4-5-7-19(17)15-20/h8-9,15,18H,2-7,10-14,16H2,1H3. The van der Waals surface area contributed by atoms with Gasteiger partial charge in [0.2, 0.25) is 15.9 Å². The Morgan fingerprint density at radius 1 is 1.13 bits per heavy atom. The van der Waals surface area contributed by atoms with Crippen LogP contribution in [0.1, 0.15) is 56.6 Å². The van der Waals surface area contributed by atoms with Gasteiger partial charge in [-0.25, -0.2) is 8.42 Å². The van der Waals surface area contributed by atoms with Crippen LogP contribution in [0.5, 0.6) is 0 Å². The van der Waals surface area contributed by atoms with E-state index in [1.165, 1.54) is 9.87 Å². The van der Waals surface area contributed by atoms with Gasteiger partial charge >= 0.3 is 6.18 Å². The third-order valence-corrected chi connectivity index (χ3v) is 8.12. The van der Waals surface area contributed by atoms with Crippen molar-refractivity contribution in [3.63, 3.8) is 0 Å². The fraction of sp³-hybridized carbons (Fsp3) is 0.682. The molecular formula is C22H31F3N2O3S. The molecule has 0 saturated carbocycles. The first-order valence-electron chi connectivity index (χ1n) is 11.1. The number of carbonyl (C=O) groups excluding carboxylic acids is 1. The molecule has 1 heterocycles. The van der Waals surface area contributed by atoms with Crippen LogP contribution in [-0.4, -0.2) is 55.9 Å². The van der Waals surface area contributed by atoms with E-state index in [0.29, 0.717) is 12.8 Å². The third-order valence-electron chi connectivity index (χ3n) is 6.22. The summed E-state index contributed by atoms with van der Waals surface area (Å²) in [6, 6.07) is 5.30. The zero-order valence-corrected chi connectivity index (χ0v) is 18.8. The minimum absolute atomic E-state index is 0.0719. The van der Waals surface area contributed by atoms with Crippen LogP contribution < -0.4 is 0 Å². The first-order valence-corrected chi connectivity index (χ1v) is 12.5. The van der Waals surface area contributed by atoms with Gasteiger partial charge in [0.25, 0.3) is 0 Å². The average molecular weight is 461 g/mol. The molecule has 1 aliphatic carbocycles. The number of nitrogens with zero attached hydrogens (tertiary/aromatic N) is 2. The van der Waals surface area contributed by atoms with Crippen molar-refractivity contribution in [1.29, 1.82) is 0 Å². The Morgan fingerprint density at radius 2 is 1.77 bits per heavy atom. The molecule has 1 aliphatic heterocycles. The summed E-state index contributed by atoms with van der Waals surface area (Å²) in [5.41, 5.74) is 2.28. The Labute approximate surface area is 182 Å². The van der Waals surface area contributed by atoms with E-state index >= 15 is 0 Å². The van der Waals surface area contributed by atoms with Crippen LogP contribution in [-0.2, 0) is 27.7 Å². The lowest BCUT2D eigenvalue weighted by Gasteiger charge is -2.34. The molecule has 0 radical (unpaired) electrons. The first kappa shape index (κ1) is 24.0. The number of benzene rings is 1. The molecule has 0 unspecified atom stereocenters. The number of fused-ring (bicyclic) bond motifs is 1. The molecule has 5 nitrogen and oxygen atoms in total. The van der Waals surface area contributed by atoms with E-state index in [1.54, 1.807) is 12.1 Å². The lowest BCUT2D eigenvalue weighted by atomic mass is 9.92. The predicted octanol–water partition coefficient (Wildman–Crippen LogP) is 4.16. The van der Waals surface area contributed by atoms with Gasteiger partial charge < -0.3 is 4.90 Å². The van der Waals surface area contributed by atoms with Crippen LogP contribution >= 0.6 is 0 Å². The summed E-state index contributed by atoms with van der Waals surface area (Å²) in [6.07, 6.45) is 1.25. The van der Waals surface area contributed by atoms with E-state index in [-0.39, 0.29) is 37.4 Å². The largest absolute Gasteiger partial charge is 0.406 e. The lowest BCUT2D eigenvalue weighted by Crippen LogP contribution is -2.47. The number of halogens is 3. The summed E-state index contributed by atoms with van der Waals surface area (Å²) in [5.74, 6) is -1.09. The van der Waals surface area contributed by atoms with Gasteiger partial charge in [-0.3, -0.25) is 4.79 Å². The highest BCUT2D eigenvalue weighted by atomic mass is 32.2. The predicted molar refractivity (Wildman–Crippen MR) is 112 cm³/mol. The maximum Gasteiger partial charge on any atom is 0.406 e. The van der Waals surface area contributed by atoms with Gasteiger partial charge in [0.1, 0.15) is 6.54 Å². The van der Waals surface area contributed by atoms with Crippen molar-refractivity contribution < 1.29 is 26.4 Å². The Hall–Kier alpha value is -1.61. The highest BCUT2D eigenvalue weighted by molar-refractivity contribution is 7.89. The number of amides is 1. The molecule has 0 atom stereocenters. The second-order valence-electron chi connectivity index (χ2n) is 8.54. The zero-order chi connectivity index (χ0) is 22.6. The van der Waals surface area contributed by atoms with Crippen molar-refractivity contribution >= 4 is 15.9 Å². The number of alkyl halides is 3. The Kier molecular flexibility index (Phi) is 7.68. The lowest BCUT2D eigenvalue weighted by molar-refractivity contribution is -0.164. The summed E-state index contributed by atoms with van der Waals surface area (Å²) in [5, 5.41) is 0. The van der Waals surface area contributed by atoms with Gasteiger partial charge in [0.05, 0.1) is 4.90 Å². The maximum atomic E-state index is 13.1. The molecule has 0 N–H and O–H groups in total. The van der Waals surface area contributed by atoms with Crippen LogP contribution in [0.15, 0.2) is 23.1 Å². The molecule has 0 bridgehead atoms. The van der Waals surface area contributed by atoms with Crippen molar-refractivity contribution in [3.05, 3.63) is 29.3 Å². The van der Waals surface area contributed by atoms with E-state index in [1.807, 2.05) is 13.0 Å². The molecule has 0 spiro atoms. The van der Waals surface area contributed by atoms with Gasteiger partial charge in [0.15, 0.2) is 0 Å². The number of sulfonamides is 1. The number of rotatable bonds is 7. The number of carbonyl (C=O) groups is 1. The van der Waals surface area contributed by atoms with Gasteiger partial charge in [-0.05, 0) is 68.2 Å². The minimum atomic E-state index is -4.44. The van der Waals surface area contributed by atoms with Crippen LogP contribution in [0.25, 0.3) is 0 Å². The number of hydrogen-bond acceptors (Lipinski definition) is 3. The van der Waals surface area contributed by atoms with Crippen LogP contribution in [0, 0.1) is 5.92 Å². The molecular weight excluding hydrogens is 429 g/mol. The van der Waals surface area contributed by atoms with Crippen molar-refractivity contribution in [2.24, 2.45) is 5.92 Å². The molecule has 0 aromatic heterocycles. The Morgan fingerprint density at radius 3 is 2.39 bits per heavy atom. The summed E-state index contributed by atoms with van der Waals surface area (Å²) >= 11 is 0. The van der Waals surface area contributed by atoms with E-state index in [9.17, 15) is 26.4 Å². The number of unbranched alkanes of at least 4 members (excludes halogenated alkanes) is 1. The fourth-order valence-corrected chi connectivity index (χ4v) is 5.97. The van der Waals surface area contributed by atoms with Gasteiger partial charge in [-0.15, -0.1) is 0 Å². The van der Waals surface area contributed by atoms with Crippen LogP contribution in [0.4, 0.5) is 13.2 Å². The summed E-state index contributed by atoms with van der Waals surface area (Å²) in [4.78, 5) is 13.9. The Bertz CT molecular complexity index is 878. The van der Waals surface area contributed by atoms with Crippen molar-refractivity contribution in [2.75, 3.05) is 26.2 Å². The molecule has 174 valence electrons. The Balaban J connectivity index is 1.65. The number of hydrogen-bond donors (Lipinski definition) is 0. The molecule has 9 heteroatoms. The fourth-order valence-electron chi connectivity index (χ4n) is 4.45. The van der Waals surface area contributed by atoms with Gasteiger partial charge in [-0.2, -0.15) is 17.5 Å². The van der Waals surface area contributed by atoms with Crippen LogP contribution in [0.2, 0.25) is 0 Å². The van der Waals surface area contributed by atoms with Crippen molar-refractivity contribution in [3.8, 4) is 0 Å². The second kappa shape index (κ2) is 9.90. The minimum Gasteiger partial charge on any atom is -0.333 e. The van der Waals surface area contributed by atoms with Crippen molar-refractivity contribution in [1.82, 2.24) is 9.21 Å². The molecule has 31 heavy (non-hydrogen) atoms.